The molecule has 2 fully saturated rings. The predicted molar refractivity (Wildman–Crippen MR) is 111 cm³/mol. The molecule has 0 aliphatic carbocycles. The number of hydrogen-bond donors (Lipinski definition) is 1. The summed E-state index contributed by atoms with van der Waals surface area (Å²) in [5.74, 6) is 1.02. The molecule has 6 heteroatoms. The highest BCUT2D eigenvalue weighted by atomic mass is 127. The van der Waals surface area contributed by atoms with Crippen molar-refractivity contribution >= 4 is 73.7 Å². The summed E-state index contributed by atoms with van der Waals surface area (Å²) >= 11 is 6.77. The Kier molecular flexibility index (Phi) is 5.32. The molecule has 2 aliphatic heterocycles. The molecule has 1 aromatic rings. The number of piperidine rings is 1. The highest BCUT2D eigenvalue weighted by Crippen LogP contribution is 2.35. The van der Waals surface area contributed by atoms with E-state index in [0.717, 1.165) is 17.3 Å². The van der Waals surface area contributed by atoms with E-state index in [9.17, 15) is 4.79 Å². The van der Waals surface area contributed by atoms with Gasteiger partial charge in [0, 0.05) is 23.0 Å². The van der Waals surface area contributed by atoms with Gasteiger partial charge in [0.1, 0.15) is 5.60 Å². The van der Waals surface area contributed by atoms with Crippen LogP contribution in [0.3, 0.4) is 0 Å². The normalized spacial score (nSPS) is 27.2. The molecule has 0 amide bonds. The van der Waals surface area contributed by atoms with Crippen LogP contribution in [-0.2, 0) is 4.74 Å². The van der Waals surface area contributed by atoms with E-state index in [2.05, 4.69) is 87.7 Å². The number of hydrogen-bond acceptors (Lipinski definition) is 2. The minimum Gasteiger partial charge on any atom is -0.455 e. The largest absolute Gasteiger partial charge is 0.455 e. The summed E-state index contributed by atoms with van der Waals surface area (Å²) < 4.78 is 9.15. The molecule has 3 atom stereocenters. The highest BCUT2D eigenvalue weighted by Gasteiger charge is 2.50. The van der Waals surface area contributed by atoms with E-state index in [1.165, 1.54) is 19.5 Å². The summed E-state index contributed by atoms with van der Waals surface area (Å²) in [5, 5.41) is 0. The average molecular weight is 638 g/mol. The Bertz CT molecular complexity index is 618. The van der Waals surface area contributed by atoms with Gasteiger partial charge in [-0.1, -0.05) is 0 Å². The van der Waals surface area contributed by atoms with Crippen LogP contribution in [0.15, 0.2) is 12.1 Å². The number of carbonyl (C=O) groups is 1. The Morgan fingerprint density at radius 1 is 1.27 bits per heavy atom. The van der Waals surface area contributed by atoms with Crippen molar-refractivity contribution in [2.45, 2.75) is 25.9 Å². The van der Waals surface area contributed by atoms with Crippen LogP contribution in [0.4, 0.5) is 0 Å². The zero-order valence-corrected chi connectivity index (χ0v) is 19.1. The number of rotatable bonds is 3. The molecule has 2 heterocycles. The third-order valence-electron chi connectivity index (χ3n) is 4.96. The number of ether oxygens (including phenoxy) is 1. The van der Waals surface area contributed by atoms with Crippen molar-refractivity contribution in [3.63, 3.8) is 0 Å². The molecule has 1 aromatic carbocycles. The van der Waals surface area contributed by atoms with E-state index in [1.807, 2.05) is 6.07 Å². The van der Waals surface area contributed by atoms with Gasteiger partial charge in [0.15, 0.2) is 0 Å². The van der Waals surface area contributed by atoms with Crippen LogP contribution < -0.4 is 4.90 Å². The van der Waals surface area contributed by atoms with Gasteiger partial charge in [-0.2, -0.15) is 0 Å². The molecule has 2 aliphatic rings. The second-order valence-corrected chi connectivity index (χ2v) is 10.3. The van der Waals surface area contributed by atoms with Crippen molar-refractivity contribution in [1.29, 1.82) is 0 Å². The Hall–Kier alpha value is 0.840. The maximum atomic E-state index is 12.7. The average Bonchev–Trinajstić information content (AvgIpc) is 3.05. The van der Waals surface area contributed by atoms with Crippen molar-refractivity contribution in [2.24, 2.45) is 11.8 Å². The maximum Gasteiger partial charge on any atom is 0.339 e. The SMILES string of the molecule is CC(C)(OC(=O)c1cc(I)cc(I)c1I)C1C[NH+]2CCC1C2. The molecule has 2 saturated heterocycles. The summed E-state index contributed by atoms with van der Waals surface area (Å²) in [7, 11) is 0. The molecule has 0 radical (unpaired) electrons. The first-order valence-corrected chi connectivity index (χ1v) is 10.7. The van der Waals surface area contributed by atoms with Crippen LogP contribution in [0.2, 0.25) is 0 Å². The van der Waals surface area contributed by atoms with Gasteiger partial charge in [-0.05, 0) is 93.8 Å². The topological polar surface area (TPSA) is 30.7 Å². The van der Waals surface area contributed by atoms with Crippen LogP contribution in [-0.4, -0.2) is 31.2 Å². The van der Waals surface area contributed by atoms with E-state index in [0.29, 0.717) is 17.4 Å². The third kappa shape index (κ3) is 3.44. The smallest absolute Gasteiger partial charge is 0.339 e. The summed E-state index contributed by atoms with van der Waals surface area (Å²) in [6.07, 6.45) is 1.28. The van der Waals surface area contributed by atoms with Crippen molar-refractivity contribution in [2.75, 3.05) is 19.6 Å². The number of halogens is 3. The van der Waals surface area contributed by atoms with Gasteiger partial charge in [0.2, 0.25) is 0 Å². The first kappa shape index (κ1) is 17.7. The minimum atomic E-state index is -0.389. The van der Waals surface area contributed by atoms with Crippen LogP contribution in [0, 0.1) is 22.5 Å². The number of nitrogens with one attached hydrogen (secondary N) is 1. The molecule has 1 N–H and O–H groups in total. The zero-order chi connectivity index (χ0) is 16.1. The fraction of sp³-hybridized carbons (Fsp3) is 0.562. The van der Waals surface area contributed by atoms with Gasteiger partial charge < -0.3 is 9.64 Å². The monoisotopic (exact) mass is 638 g/mol. The lowest BCUT2D eigenvalue weighted by atomic mass is 9.80. The second-order valence-electron chi connectivity index (χ2n) is 6.81. The van der Waals surface area contributed by atoms with Gasteiger partial charge >= 0.3 is 5.97 Å². The Morgan fingerprint density at radius 2 is 2.00 bits per heavy atom. The molecular weight excluding hydrogens is 619 g/mol. The molecule has 2 bridgehead atoms. The number of fused-ring (bicyclic) bond motifs is 2. The number of benzene rings is 1. The van der Waals surface area contributed by atoms with E-state index < -0.39 is 0 Å². The van der Waals surface area contributed by atoms with Crippen molar-refractivity contribution < 1.29 is 14.4 Å². The Labute approximate surface area is 172 Å². The molecule has 0 saturated carbocycles. The number of carbonyl (C=O) groups excluding carboxylic acids is 1. The molecule has 3 nitrogen and oxygen atoms in total. The third-order valence-corrected chi connectivity index (χ3v) is 8.63. The Balaban J connectivity index is 1.79. The molecule has 22 heavy (non-hydrogen) atoms. The van der Waals surface area contributed by atoms with Gasteiger partial charge in [0.25, 0.3) is 0 Å². The Morgan fingerprint density at radius 3 is 2.59 bits per heavy atom. The fourth-order valence-electron chi connectivity index (χ4n) is 3.86. The van der Waals surface area contributed by atoms with E-state index in [4.69, 9.17) is 4.74 Å². The molecule has 0 aromatic heterocycles. The van der Waals surface area contributed by atoms with Gasteiger partial charge in [-0.25, -0.2) is 4.79 Å². The first-order valence-electron chi connectivity index (χ1n) is 7.49. The quantitative estimate of drug-likeness (QED) is 0.314. The molecule has 3 rings (SSSR count). The molecule has 0 spiro atoms. The van der Waals surface area contributed by atoms with Crippen LogP contribution in [0.25, 0.3) is 0 Å². The lowest BCUT2D eigenvalue weighted by Crippen LogP contribution is -3.09. The van der Waals surface area contributed by atoms with Crippen LogP contribution in [0.1, 0.15) is 30.6 Å². The molecular formula is C16H19I3NO2+. The van der Waals surface area contributed by atoms with Crippen LogP contribution >= 0.6 is 67.8 Å². The molecule has 120 valence electrons. The van der Waals surface area contributed by atoms with Gasteiger partial charge in [-0.3, -0.25) is 0 Å². The molecule has 3 unspecified atom stereocenters. The van der Waals surface area contributed by atoms with Crippen molar-refractivity contribution in [1.82, 2.24) is 0 Å². The highest BCUT2D eigenvalue weighted by molar-refractivity contribution is 14.1. The van der Waals surface area contributed by atoms with Crippen molar-refractivity contribution in [3.8, 4) is 0 Å². The number of quaternary nitrogens is 1. The lowest BCUT2D eigenvalue weighted by Gasteiger charge is -2.34. The summed E-state index contributed by atoms with van der Waals surface area (Å²) in [6.45, 7) is 7.86. The zero-order valence-electron chi connectivity index (χ0n) is 12.6. The minimum absolute atomic E-state index is 0.182. The summed E-state index contributed by atoms with van der Waals surface area (Å²) in [6, 6.07) is 4.01. The number of esters is 1. The maximum absolute atomic E-state index is 12.7. The first-order chi connectivity index (χ1) is 10.3. The van der Waals surface area contributed by atoms with Gasteiger partial charge in [0.05, 0.1) is 31.1 Å². The second kappa shape index (κ2) is 6.62. The summed E-state index contributed by atoms with van der Waals surface area (Å²) in [4.78, 5) is 14.4. The van der Waals surface area contributed by atoms with E-state index >= 15 is 0 Å². The van der Waals surface area contributed by atoms with E-state index in [1.54, 1.807) is 4.90 Å². The van der Waals surface area contributed by atoms with Crippen LogP contribution in [0.5, 0.6) is 0 Å². The predicted octanol–water partition coefficient (Wildman–Crippen LogP) is 2.97. The van der Waals surface area contributed by atoms with Gasteiger partial charge in [-0.15, -0.1) is 0 Å². The fourth-order valence-corrected chi connectivity index (χ4v) is 6.23. The standard InChI is InChI=1S/C16H18I3NO2/c1-16(2,12-8-20-4-3-9(12)7-20)22-15(21)11-5-10(17)6-13(18)14(11)19/h5-6,9,12H,3-4,7-8H2,1-2H3/p+1. The lowest BCUT2D eigenvalue weighted by molar-refractivity contribution is -0.881. The summed E-state index contributed by atoms with van der Waals surface area (Å²) in [5.41, 5.74) is 0.306. The van der Waals surface area contributed by atoms with Crippen molar-refractivity contribution in [3.05, 3.63) is 28.4 Å². The van der Waals surface area contributed by atoms with E-state index in [-0.39, 0.29) is 11.6 Å².